The van der Waals surface area contributed by atoms with Gasteiger partial charge in [0.1, 0.15) is 18.2 Å². The predicted octanol–water partition coefficient (Wildman–Crippen LogP) is 3.64. The third-order valence-corrected chi connectivity index (χ3v) is 6.44. The SMILES string of the molecule is Cc1ncc2c(OCCN3CCC(Cc4cccc(NS(C)(=O)=O)c4)CC3)cccc2n1. The molecule has 0 aliphatic carbocycles. The third kappa shape index (κ3) is 6.17. The molecule has 2 aromatic carbocycles. The number of hydrogen-bond donors (Lipinski definition) is 1. The molecule has 1 aromatic heterocycles. The largest absolute Gasteiger partial charge is 0.491 e. The number of aryl methyl sites for hydroxylation is 1. The molecule has 32 heavy (non-hydrogen) atoms. The van der Waals surface area contributed by atoms with E-state index in [9.17, 15) is 8.42 Å². The molecule has 7 nitrogen and oxygen atoms in total. The summed E-state index contributed by atoms with van der Waals surface area (Å²) in [5.41, 5.74) is 2.72. The lowest BCUT2D eigenvalue weighted by Gasteiger charge is -2.32. The maximum atomic E-state index is 11.5. The number of anilines is 1. The van der Waals surface area contributed by atoms with E-state index in [0.29, 0.717) is 18.2 Å². The second kappa shape index (κ2) is 9.83. The van der Waals surface area contributed by atoms with Gasteiger partial charge in [0.05, 0.1) is 17.2 Å². The Balaban J connectivity index is 1.24. The van der Waals surface area contributed by atoms with Gasteiger partial charge in [-0.15, -0.1) is 0 Å². The van der Waals surface area contributed by atoms with E-state index in [1.54, 1.807) is 6.07 Å². The van der Waals surface area contributed by atoms with Crippen LogP contribution in [-0.4, -0.2) is 55.8 Å². The molecule has 1 N–H and O–H groups in total. The lowest BCUT2D eigenvalue weighted by Crippen LogP contribution is -2.37. The molecule has 1 fully saturated rings. The van der Waals surface area contributed by atoms with Crippen LogP contribution in [0.25, 0.3) is 10.9 Å². The first-order valence-electron chi connectivity index (χ1n) is 11.0. The topological polar surface area (TPSA) is 84.4 Å². The van der Waals surface area contributed by atoms with Gasteiger partial charge in [0.2, 0.25) is 10.0 Å². The number of sulfonamides is 1. The molecule has 1 aliphatic heterocycles. The molecule has 2 heterocycles. The second-order valence-corrected chi connectivity index (χ2v) is 10.3. The molecule has 0 unspecified atom stereocenters. The van der Waals surface area contributed by atoms with Crippen molar-refractivity contribution in [1.29, 1.82) is 0 Å². The van der Waals surface area contributed by atoms with Crippen LogP contribution in [0, 0.1) is 12.8 Å². The normalized spacial score (nSPS) is 15.7. The monoisotopic (exact) mass is 454 g/mol. The summed E-state index contributed by atoms with van der Waals surface area (Å²) < 4.78 is 31.5. The number of hydrogen-bond acceptors (Lipinski definition) is 6. The van der Waals surface area contributed by atoms with E-state index in [2.05, 4.69) is 25.7 Å². The summed E-state index contributed by atoms with van der Waals surface area (Å²) in [6, 6.07) is 13.6. The Morgan fingerprint density at radius 1 is 1.16 bits per heavy atom. The Labute approximate surface area is 189 Å². The number of likely N-dealkylation sites (tertiary alicyclic amines) is 1. The fourth-order valence-corrected chi connectivity index (χ4v) is 4.81. The highest BCUT2D eigenvalue weighted by atomic mass is 32.2. The van der Waals surface area contributed by atoms with Crippen LogP contribution in [0.15, 0.2) is 48.7 Å². The predicted molar refractivity (Wildman–Crippen MR) is 128 cm³/mol. The molecule has 1 aliphatic rings. The van der Waals surface area contributed by atoms with Crippen LogP contribution in [0.2, 0.25) is 0 Å². The quantitative estimate of drug-likeness (QED) is 0.559. The highest BCUT2D eigenvalue weighted by Gasteiger charge is 2.19. The molecule has 1 saturated heterocycles. The fourth-order valence-electron chi connectivity index (χ4n) is 4.25. The van der Waals surface area contributed by atoms with Crippen molar-refractivity contribution < 1.29 is 13.2 Å². The van der Waals surface area contributed by atoms with Gasteiger partial charge >= 0.3 is 0 Å². The maximum absolute atomic E-state index is 11.5. The lowest BCUT2D eigenvalue weighted by atomic mass is 9.90. The highest BCUT2D eigenvalue weighted by molar-refractivity contribution is 7.92. The Hall–Kier alpha value is -2.71. The Bertz CT molecular complexity index is 1170. The summed E-state index contributed by atoms with van der Waals surface area (Å²) in [5, 5.41) is 0.949. The van der Waals surface area contributed by atoms with E-state index in [0.717, 1.165) is 61.4 Å². The van der Waals surface area contributed by atoms with Gasteiger partial charge < -0.3 is 4.74 Å². The van der Waals surface area contributed by atoms with Gasteiger partial charge in [-0.3, -0.25) is 9.62 Å². The number of nitrogens with one attached hydrogen (secondary N) is 1. The molecule has 0 radical (unpaired) electrons. The van der Waals surface area contributed by atoms with Gasteiger partial charge in [-0.25, -0.2) is 18.4 Å². The summed E-state index contributed by atoms with van der Waals surface area (Å²) in [6.45, 7) is 5.51. The van der Waals surface area contributed by atoms with E-state index >= 15 is 0 Å². The molecule has 0 amide bonds. The summed E-state index contributed by atoms with van der Waals surface area (Å²) in [7, 11) is -3.25. The Morgan fingerprint density at radius 3 is 2.72 bits per heavy atom. The van der Waals surface area contributed by atoms with E-state index in [1.807, 2.05) is 43.5 Å². The van der Waals surface area contributed by atoms with E-state index < -0.39 is 10.0 Å². The van der Waals surface area contributed by atoms with Gasteiger partial charge in [0, 0.05) is 18.4 Å². The zero-order chi connectivity index (χ0) is 22.6. The van der Waals surface area contributed by atoms with Crippen LogP contribution < -0.4 is 9.46 Å². The van der Waals surface area contributed by atoms with Crippen LogP contribution >= 0.6 is 0 Å². The molecule has 170 valence electrons. The molecular formula is C24H30N4O3S. The number of fused-ring (bicyclic) bond motifs is 1. The van der Waals surface area contributed by atoms with Crippen LogP contribution in [0.1, 0.15) is 24.2 Å². The molecule has 4 rings (SSSR count). The minimum absolute atomic E-state index is 0.610. The number of rotatable bonds is 8. The lowest BCUT2D eigenvalue weighted by molar-refractivity contribution is 0.155. The van der Waals surface area contributed by atoms with Crippen molar-refractivity contribution in [2.45, 2.75) is 26.2 Å². The van der Waals surface area contributed by atoms with E-state index in [-0.39, 0.29) is 0 Å². The van der Waals surface area contributed by atoms with Crippen LogP contribution in [0.4, 0.5) is 5.69 Å². The molecule has 8 heteroatoms. The van der Waals surface area contributed by atoms with Crippen LogP contribution in [-0.2, 0) is 16.4 Å². The summed E-state index contributed by atoms with van der Waals surface area (Å²) in [6.07, 6.45) is 6.24. The summed E-state index contributed by atoms with van der Waals surface area (Å²) in [4.78, 5) is 11.2. The van der Waals surface area contributed by atoms with Gasteiger partial charge in [-0.2, -0.15) is 0 Å². The molecule has 0 saturated carbocycles. The zero-order valence-corrected chi connectivity index (χ0v) is 19.4. The summed E-state index contributed by atoms with van der Waals surface area (Å²) >= 11 is 0. The van der Waals surface area contributed by atoms with Gasteiger partial charge in [0.25, 0.3) is 0 Å². The fraction of sp³-hybridized carbons (Fsp3) is 0.417. The van der Waals surface area contributed by atoms with Crippen molar-refractivity contribution in [3.63, 3.8) is 0 Å². The van der Waals surface area contributed by atoms with Gasteiger partial charge in [-0.1, -0.05) is 18.2 Å². The number of aromatic nitrogens is 2. The van der Waals surface area contributed by atoms with Crippen LogP contribution in [0.5, 0.6) is 5.75 Å². The molecule has 0 atom stereocenters. The number of ether oxygens (including phenoxy) is 1. The average Bonchev–Trinajstić information content (AvgIpc) is 2.74. The third-order valence-electron chi connectivity index (χ3n) is 5.83. The highest BCUT2D eigenvalue weighted by Crippen LogP contribution is 2.25. The first-order valence-corrected chi connectivity index (χ1v) is 12.9. The number of benzene rings is 2. The van der Waals surface area contributed by atoms with Crippen molar-refractivity contribution in [3.05, 3.63) is 60.0 Å². The Morgan fingerprint density at radius 2 is 1.94 bits per heavy atom. The summed E-state index contributed by atoms with van der Waals surface area (Å²) in [5.74, 6) is 2.20. The average molecular weight is 455 g/mol. The smallest absolute Gasteiger partial charge is 0.229 e. The number of piperidine rings is 1. The second-order valence-electron chi connectivity index (χ2n) is 8.52. The Kier molecular flexibility index (Phi) is 6.91. The standard InChI is InChI=1S/C24H30N4O3S/c1-18-25-17-22-23(26-18)7-4-8-24(22)31-14-13-28-11-9-19(10-12-28)15-20-5-3-6-21(16-20)27-32(2,29)30/h3-8,16-17,19,27H,9-15H2,1-2H3. The molecule has 0 spiro atoms. The minimum atomic E-state index is -3.25. The van der Waals surface area contributed by atoms with Gasteiger partial charge in [0.15, 0.2) is 0 Å². The first-order chi connectivity index (χ1) is 15.4. The first kappa shape index (κ1) is 22.5. The van der Waals surface area contributed by atoms with Crippen molar-refractivity contribution in [3.8, 4) is 5.75 Å². The van der Waals surface area contributed by atoms with Crippen molar-refractivity contribution in [2.24, 2.45) is 5.92 Å². The minimum Gasteiger partial charge on any atom is -0.491 e. The zero-order valence-electron chi connectivity index (χ0n) is 18.6. The maximum Gasteiger partial charge on any atom is 0.229 e. The van der Waals surface area contributed by atoms with Crippen molar-refractivity contribution in [1.82, 2.24) is 14.9 Å². The number of nitrogens with zero attached hydrogens (tertiary/aromatic N) is 3. The van der Waals surface area contributed by atoms with Crippen molar-refractivity contribution in [2.75, 3.05) is 37.2 Å². The van der Waals surface area contributed by atoms with Gasteiger partial charge in [-0.05, 0) is 75.0 Å². The van der Waals surface area contributed by atoms with E-state index in [1.165, 1.54) is 11.8 Å². The van der Waals surface area contributed by atoms with Crippen LogP contribution in [0.3, 0.4) is 0 Å². The molecule has 3 aromatic rings. The van der Waals surface area contributed by atoms with Crippen molar-refractivity contribution >= 4 is 26.6 Å². The van der Waals surface area contributed by atoms with E-state index in [4.69, 9.17) is 4.74 Å². The molecular weight excluding hydrogens is 424 g/mol. The molecule has 0 bridgehead atoms.